The quantitative estimate of drug-likeness (QED) is 0.809. The van der Waals surface area contributed by atoms with Gasteiger partial charge in [0.2, 0.25) is 0 Å². The van der Waals surface area contributed by atoms with Crippen molar-refractivity contribution in [3.05, 3.63) is 58.9 Å². The van der Waals surface area contributed by atoms with E-state index >= 15 is 0 Å². The van der Waals surface area contributed by atoms with Crippen molar-refractivity contribution in [2.45, 2.75) is 13.0 Å². The topological polar surface area (TPSA) is 71.0 Å². The average Bonchev–Trinajstić information content (AvgIpc) is 2.44. The van der Waals surface area contributed by atoms with Crippen LogP contribution in [0.3, 0.4) is 0 Å². The van der Waals surface area contributed by atoms with Crippen molar-refractivity contribution in [1.82, 2.24) is 9.55 Å². The lowest BCUT2D eigenvalue weighted by Gasteiger charge is -2.06. The SMILES string of the molecule is N#CCC(=O)N=c1ccccn1Cc1ccc(Cl)nc1. The summed E-state index contributed by atoms with van der Waals surface area (Å²) in [6.45, 7) is 0.518. The van der Waals surface area contributed by atoms with Crippen molar-refractivity contribution in [1.29, 1.82) is 5.26 Å². The first kappa shape index (κ1) is 14.0. The number of hydrogen-bond donors (Lipinski definition) is 0. The zero-order valence-corrected chi connectivity index (χ0v) is 11.3. The monoisotopic (exact) mass is 286 g/mol. The second kappa shape index (κ2) is 6.64. The van der Waals surface area contributed by atoms with E-state index in [9.17, 15) is 4.79 Å². The summed E-state index contributed by atoms with van der Waals surface area (Å²) in [5.74, 6) is -0.457. The Morgan fingerprint density at radius 2 is 2.25 bits per heavy atom. The van der Waals surface area contributed by atoms with Gasteiger partial charge in [0.25, 0.3) is 5.91 Å². The summed E-state index contributed by atoms with van der Waals surface area (Å²) in [7, 11) is 0. The first-order valence-electron chi connectivity index (χ1n) is 5.89. The van der Waals surface area contributed by atoms with Gasteiger partial charge in [-0.1, -0.05) is 23.7 Å². The molecule has 0 aromatic carbocycles. The van der Waals surface area contributed by atoms with Crippen LogP contribution in [-0.2, 0) is 11.3 Å². The van der Waals surface area contributed by atoms with E-state index in [2.05, 4.69) is 9.98 Å². The second-order valence-electron chi connectivity index (χ2n) is 4.02. The van der Waals surface area contributed by atoms with Crippen molar-refractivity contribution < 1.29 is 4.79 Å². The molecule has 6 heteroatoms. The van der Waals surface area contributed by atoms with Gasteiger partial charge in [-0.25, -0.2) is 4.98 Å². The van der Waals surface area contributed by atoms with Crippen LogP contribution in [0.2, 0.25) is 5.15 Å². The lowest BCUT2D eigenvalue weighted by Crippen LogP contribution is -2.22. The summed E-state index contributed by atoms with van der Waals surface area (Å²) in [4.78, 5) is 19.4. The molecule has 0 aliphatic heterocycles. The summed E-state index contributed by atoms with van der Waals surface area (Å²) < 4.78 is 1.81. The van der Waals surface area contributed by atoms with Gasteiger partial charge >= 0.3 is 0 Å². The van der Waals surface area contributed by atoms with Crippen LogP contribution in [0.1, 0.15) is 12.0 Å². The molecule has 0 saturated heterocycles. The molecule has 0 atom stereocenters. The number of aromatic nitrogens is 2. The molecular weight excluding hydrogens is 276 g/mol. The minimum atomic E-state index is -0.457. The third-order valence-corrected chi connectivity index (χ3v) is 2.75. The predicted octanol–water partition coefficient (Wildman–Crippen LogP) is 1.93. The standard InChI is InChI=1S/C14H11ClN4O/c15-12-5-4-11(9-17-12)10-19-8-2-1-3-13(19)18-14(20)6-7-16/h1-5,8-9H,6,10H2. The van der Waals surface area contributed by atoms with E-state index in [1.165, 1.54) is 0 Å². The zero-order valence-electron chi connectivity index (χ0n) is 10.5. The summed E-state index contributed by atoms with van der Waals surface area (Å²) in [5.41, 5.74) is 1.44. The van der Waals surface area contributed by atoms with Gasteiger partial charge in [-0.3, -0.25) is 4.79 Å². The molecule has 0 radical (unpaired) electrons. The van der Waals surface area contributed by atoms with E-state index in [0.717, 1.165) is 5.56 Å². The Morgan fingerprint density at radius 3 is 2.95 bits per heavy atom. The fourth-order valence-corrected chi connectivity index (χ4v) is 1.75. The van der Waals surface area contributed by atoms with E-state index in [1.807, 2.05) is 18.3 Å². The number of pyridine rings is 2. The summed E-state index contributed by atoms with van der Waals surface area (Å²) >= 11 is 5.74. The van der Waals surface area contributed by atoms with Crippen LogP contribution in [0.15, 0.2) is 47.7 Å². The van der Waals surface area contributed by atoms with Crippen LogP contribution in [0, 0.1) is 11.3 Å². The van der Waals surface area contributed by atoms with Gasteiger partial charge in [-0.15, -0.1) is 0 Å². The van der Waals surface area contributed by atoms with E-state index < -0.39 is 5.91 Å². The molecule has 100 valence electrons. The molecule has 0 N–H and O–H groups in total. The second-order valence-corrected chi connectivity index (χ2v) is 4.40. The molecule has 0 bridgehead atoms. The third kappa shape index (κ3) is 3.77. The van der Waals surface area contributed by atoms with Gasteiger partial charge in [0.15, 0.2) is 0 Å². The highest BCUT2D eigenvalue weighted by atomic mass is 35.5. The Balaban J connectivity index is 2.31. The number of nitrogens with zero attached hydrogens (tertiary/aromatic N) is 4. The third-order valence-electron chi connectivity index (χ3n) is 2.53. The number of nitriles is 1. The molecule has 0 aliphatic rings. The lowest BCUT2D eigenvalue weighted by molar-refractivity contribution is -0.117. The molecule has 1 amide bonds. The normalized spacial score (nSPS) is 11.1. The van der Waals surface area contributed by atoms with Crippen molar-refractivity contribution in [2.24, 2.45) is 4.99 Å². The van der Waals surface area contributed by atoms with Crippen LogP contribution in [-0.4, -0.2) is 15.5 Å². The zero-order chi connectivity index (χ0) is 14.4. The summed E-state index contributed by atoms with van der Waals surface area (Å²) in [6.07, 6.45) is 3.26. The van der Waals surface area contributed by atoms with E-state index in [0.29, 0.717) is 17.2 Å². The van der Waals surface area contributed by atoms with Crippen LogP contribution >= 0.6 is 11.6 Å². The highest BCUT2D eigenvalue weighted by Crippen LogP contribution is 2.06. The molecular formula is C14H11ClN4O. The van der Waals surface area contributed by atoms with Gasteiger partial charge in [0.1, 0.15) is 17.1 Å². The van der Waals surface area contributed by atoms with Crippen molar-refractivity contribution >= 4 is 17.5 Å². The molecule has 2 heterocycles. The van der Waals surface area contributed by atoms with Crippen LogP contribution in [0.4, 0.5) is 0 Å². The number of amides is 1. The Hall–Kier alpha value is -2.45. The highest BCUT2D eigenvalue weighted by molar-refractivity contribution is 6.29. The fraction of sp³-hybridized carbons (Fsp3) is 0.143. The minimum Gasteiger partial charge on any atom is -0.328 e. The maximum absolute atomic E-state index is 11.4. The molecule has 2 aromatic rings. The van der Waals surface area contributed by atoms with Gasteiger partial charge in [0.05, 0.1) is 12.6 Å². The molecule has 2 rings (SSSR count). The number of hydrogen-bond acceptors (Lipinski definition) is 3. The summed E-state index contributed by atoms with van der Waals surface area (Å²) in [5, 5.41) is 8.92. The number of carbonyl (C=O) groups is 1. The van der Waals surface area contributed by atoms with Gasteiger partial charge in [0, 0.05) is 12.4 Å². The maximum atomic E-state index is 11.4. The molecule has 2 aromatic heterocycles. The molecule has 0 unspecified atom stereocenters. The van der Waals surface area contributed by atoms with Crippen molar-refractivity contribution in [2.75, 3.05) is 0 Å². The largest absolute Gasteiger partial charge is 0.328 e. The van der Waals surface area contributed by atoms with Crippen molar-refractivity contribution in [3.8, 4) is 6.07 Å². The lowest BCUT2D eigenvalue weighted by atomic mass is 10.3. The molecule has 0 saturated carbocycles. The van der Waals surface area contributed by atoms with Gasteiger partial charge in [-0.2, -0.15) is 10.3 Å². The van der Waals surface area contributed by atoms with E-state index in [-0.39, 0.29) is 6.42 Å². The number of rotatable bonds is 3. The van der Waals surface area contributed by atoms with Gasteiger partial charge in [-0.05, 0) is 23.8 Å². The van der Waals surface area contributed by atoms with Crippen molar-refractivity contribution in [3.63, 3.8) is 0 Å². The molecule has 5 nitrogen and oxygen atoms in total. The van der Waals surface area contributed by atoms with Crippen LogP contribution in [0.25, 0.3) is 0 Å². The van der Waals surface area contributed by atoms with E-state index in [4.69, 9.17) is 16.9 Å². The van der Waals surface area contributed by atoms with Crippen LogP contribution in [0.5, 0.6) is 0 Å². The number of halogens is 1. The predicted molar refractivity (Wildman–Crippen MR) is 73.6 cm³/mol. The van der Waals surface area contributed by atoms with Crippen LogP contribution < -0.4 is 5.49 Å². The maximum Gasteiger partial charge on any atom is 0.261 e. The molecule has 0 spiro atoms. The minimum absolute atomic E-state index is 0.225. The highest BCUT2D eigenvalue weighted by Gasteiger charge is 2.00. The fourth-order valence-electron chi connectivity index (χ4n) is 1.63. The Labute approximate surface area is 120 Å². The molecule has 0 aliphatic carbocycles. The molecule has 0 fully saturated rings. The first-order chi connectivity index (χ1) is 9.69. The Kier molecular flexibility index (Phi) is 4.64. The summed E-state index contributed by atoms with van der Waals surface area (Å²) in [6, 6.07) is 10.7. The van der Waals surface area contributed by atoms with E-state index in [1.54, 1.807) is 35.0 Å². The molecule has 20 heavy (non-hydrogen) atoms. The number of carbonyl (C=O) groups excluding carboxylic acids is 1. The average molecular weight is 287 g/mol. The smallest absolute Gasteiger partial charge is 0.261 e. The first-order valence-corrected chi connectivity index (χ1v) is 6.27. The Bertz CT molecular complexity index is 713. The Morgan fingerprint density at radius 1 is 1.40 bits per heavy atom. The van der Waals surface area contributed by atoms with Gasteiger partial charge < -0.3 is 4.57 Å².